The van der Waals surface area contributed by atoms with E-state index in [4.69, 9.17) is 5.73 Å². The van der Waals surface area contributed by atoms with Gasteiger partial charge < -0.3 is 5.73 Å². The summed E-state index contributed by atoms with van der Waals surface area (Å²) in [5.41, 5.74) is 5.61. The molecule has 0 fully saturated rings. The summed E-state index contributed by atoms with van der Waals surface area (Å²) in [5, 5.41) is 0. The monoisotopic (exact) mass is 255 g/mol. The molecule has 2 aromatic carbocycles. The molecule has 0 aliphatic heterocycles. The Balaban J connectivity index is 2.58. The zero-order valence-electron chi connectivity index (χ0n) is 9.18. The number of hydrogen-bond acceptors (Lipinski definition) is 1. The van der Waals surface area contributed by atoms with Gasteiger partial charge in [-0.05, 0) is 23.8 Å². The summed E-state index contributed by atoms with van der Waals surface area (Å²) in [6, 6.07) is 4.89. The molecule has 0 aromatic heterocycles. The first-order chi connectivity index (χ1) is 8.52. The van der Waals surface area contributed by atoms with Crippen molar-refractivity contribution in [3.63, 3.8) is 0 Å². The van der Waals surface area contributed by atoms with E-state index in [0.717, 1.165) is 12.1 Å². The Morgan fingerprint density at radius 1 is 0.778 bits per heavy atom. The van der Waals surface area contributed by atoms with E-state index in [9.17, 15) is 17.6 Å². The van der Waals surface area contributed by atoms with Gasteiger partial charge in [0.1, 0.15) is 11.6 Å². The number of benzene rings is 2. The predicted molar refractivity (Wildman–Crippen MR) is 59.6 cm³/mol. The molecule has 0 spiro atoms. The molecule has 94 valence electrons. The molecule has 0 saturated carbocycles. The fourth-order valence-corrected chi connectivity index (χ4v) is 1.64. The minimum atomic E-state index is -1.27. The maximum absolute atomic E-state index is 13.5. The third-order valence-corrected chi connectivity index (χ3v) is 2.59. The van der Waals surface area contributed by atoms with Gasteiger partial charge in [0, 0.05) is 23.7 Å². The molecule has 0 radical (unpaired) electrons. The zero-order valence-corrected chi connectivity index (χ0v) is 9.18. The fraction of sp³-hybridized carbons (Fsp3) is 0.0769. The molecule has 0 unspecified atom stereocenters. The van der Waals surface area contributed by atoms with Crippen molar-refractivity contribution in [2.75, 3.05) is 0 Å². The van der Waals surface area contributed by atoms with E-state index in [1.54, 1.807) is 0 Å². The van der Waals surface area contributed by atoms with E-state index in [2.05, 4.69) is 0 Å². The highest BCUT2D eigenvalue weighted by Gasteiger charge is 2.12. The summed E-state index contributed by atoms with van der Waals surface area (Å²) in [4.78, 5) is 0. The molecular weight excluding hydrogens is 246 g/mol. The molecular formula is C13H9F4N. The highest BCUT2D eigenvalue weighted by Crippen LogP contribution is 2.26. The van der Waals surface area contributed by atoms with Gasteiger partial charge in [-0.25, -0.2) is 17.6 Å². The number of hydrogen-bond donors (Lipinski definition) is 1. The smallest absolute Gasteiger partial charge is 0.161 e. The second-order valence-electron chi connectivity index (χ2n) is 3.76. The van der Waals surface area contributed by atoms with Crippen LogP contribution in [0.5, 0.6) is 0 Å². The van der Waals surface area contributed by atoms with Crippen molar-refractivity contribution in [2.45, 2.75) is 6.54 Å². The van der Waals surface area contributed by atoms with E-state index in [-0.39, 0.29) is 23.2 Å². The Hall–Kier alpha value is -1.88. The Kier molecular flexibility index (Phi) is 3.34. The van der Waals surface area contributed by atoms with Crippen molar-refractivity contribution < 1.29 is 17.6 Å². The van der Waals surface area contributed by atoms with E-state index < -0.39 is 23.3 Å². The molecule has 2 aromatic rings. The van der Waals surface area contributed by atoms with Crippen LogP contribution in [0.2, 0.25) is 0 Å². The summed E-state index contributed by atoms with van der Waals surface area (Å²) in [7, 11) is 0. The van der Waals surface area contributed by atoms with Gasteiger partial charge in [-0.1, -0.05) is 6.07 Å². The van der Waals surface area contributed by atoms with Gasteiger partial charge in [-0.3, -0.25) is 0 Å². The summed E-state index contributed by atoms with van der Waals surface area (Å²) in [6.45, 7) is -0.0645. The highest BCUT2D eigenvalue weighted by atomic mass is 19.2. The lowest BCUT2D eigenvalue weighted by molar-refractivity contribution is 0.496. The Morgan fingerprint density at radius 3 is 2.11 bits per heavy atom. The van der Waals surface area contributed by atoms with Crippen LogP contribution in [-0.2, 0) is 6.54 Å². The number of rotatable bonds is 2. The molecule has 18 heavy (non-hydrogen) atoms. The molecule has 0 aliphatic carbocycles. The quantitative estimate of drug-likeness (QED) is 0.646. The van der Waals surface area contributed by atoms with Gasteiger partial charge in [0.2, 0.25) is 0 Å². The van der Waals surface area contributed by atoms with E-state index in [1.165, 1.54) is 12.1 Å². The summed E-state index contributed by atoms with van der Waals surface area (Å²) < 4.78 is 52.6. The molecule has 0 saturated heterocycles. The van der Waals surface area contributed by atoms with Gasteiger partial charge in [0.25, 0.3) is 0 Å². The van der Waals surface area contributed by atoms with Crippen LogP contribution in [0.3, 0.4) is 0 Å². The van der Waals surface area contributed by atoms with Gasteiger partial charge in [0.15, 0.2) is 11.6 Å². The summed E-state index contributed by atoms with van der Waals surface area (Å²) in [6.07, 6.45) is 0. The predicted octanol–water partition coefficient (Wildman–Crippen LogP) is 3.37. The minimum absolute atomic E-state index is 0.0645. The summed E-state index contributed by atoms with van der Waals surface area (Å²) >= 11 is 0. The molecule has 2 N–H and O–H groups in total. The standard InChI is InChI=1S/C13H9F4N/c14-10-2-1-7(3-8(10)6-18)9-4-12(16)13(17)5-11(9)15/h1-5H,6,18H2. The first-order valence-corrected chi connectivity index (χ1v) is 5.16. The van der Waals surface area contributed by atoms with Crippen LogP contribution in [0.4, 0.5) is 17.6 Å². The lowest BCUT2D eigenvalue weighted by atomic mass is 10.0. The third-order valence-electron chi connectivity index (χ3n) is 2.59. The van der Waals surface area contributed by atoms with Crippen LogP contribution in [0.25, 0.3) is 11.1 Å². The largest absolute Gasteiger partial charge is 0.326 e. The van der Waals surface area contributed by atoms with Crippen molar-refractivity contribution in [1.29, 1.82) is 0 Å². The second kappa shape index (κ2) is 4.78. The molecule has 2 rings (SSSR count). The normalized spacial score (nSPS) is 10.7. The first kappa shape index (κ1) is 12.6. The van der Waals surface area contributed by atoms with Crippen molar-refractivity contribution in [3.8, 4) is 11.1 Å². The Bertz CT molecular complexity index is 596. The molecule has 5 heteroatoms. The van der Waals surface area contributed by atoms with E-state index in [0.29, 0.717) is 6.07 Å². The van der Waals surface area contributed by atoms with Crippen LogP contribution in [-0.4, -0.2) is 0 Å². The van der Waals surface area contributed by atoms with Gasteiger partial charge >= 0.3 is 0 Å². The average Bonchev–Trinajstić information content (AvgIpc) is 2.35. The van der Waals surface area contributed by atoms with Crippen molar-refractivity contribution in [2.24, 2.45) is 5.73 Å². The number of halogens is 4. The summed E-state index contributed by atoms with van der Waals surface area (Å²) in [5.74, 6) is -3.87. The Morgan fingerprint density at radius 2 is 1.44 bits per heavy atom. The first-order valence-electron chi connectivity index (χ1n) is 5.16. The van der Waals surface area contributed by atoms with E-state index in [1.807, 2.05) is 0 Å². The average molecular weight is 255 g/mol. The maximum atomic E-state index is 13.5. The zero-order chi connectivity index (χ0) is 13.3. The van der Waals surface area contributed by atoms with Crippen LogP contribution in [0.15, 0.2) is 30.3 Å². The molecule has 0 amide bonds. The van der Waals surface area contributed by atoms with Crippen LogP contribution < -0.4 is 5.73 Å². The lowest BCUT2D eigenvalue weighted by Crippen LogP contribution is -2.00. The lowest BCUT2D eigenvalue weighted by Gasteiger charge is -2.07. The maximum Gasteiger partial charge on any atom is 0.161 e. The van der Waals surface area contributed by atoms with Crippen molar-refractivity contribution >= 4 is 0 Å². The topological polar surface area (TPSA) is 26.0 Å². The van der Waals surface area contributed by atoms with Crippen molar-refractivity contribution in [3.05, 3.63) is 59.2 Å². The minimum Gasteiger partial charge on any atom is -0.326 e. The van der Waals surface area contributed by atoms with Crippen LogP contribution in [0, 0.1) is 23.3 Å². The van der Waals surface area contributed by atoms with Crippen molar-refractivity contribution in [1.82, 2.24) is 0 Å². The van der Waals surface area contributed by atoms with E-state index >= 15 is 0 Å². The third kappa shape index (κ3) is 2.22. The SMILES string of the molecule is NCc1cc(-c2cc(F)c(F)cc2F)ccc1F. The number of nitrogens with two attached hydrogens (primary N) is 1. The molecule has 0 bridgehead atoms. The fourth-order valence-electron chi connectivity index (χ4n) is 1.64. The van der Waals surface area contributed by atoms with Gasteiger partial charge in [0.05, 0.1) is 0 Å². The highest BCUT2D eigenvalue weighted by molar-refractivity contribution is 5.65. The molecule has 1 nitrogen and oxygen atoms in total. The molecule has 0 aliphatic rings. The second-order valence-corrected chi connectivity index (χ2v) is 3.76. The van der Waals surface area contributed by atoms with Gasteiger partial charge in [-0.2, -0.15) is 0 Å². The van der Waals surface area contributed by atoms with Crippen LogP contribution >= 0.6 is 0 Å². The van der Waals surface area contributed by atoms with Gasteiger partial charge in [-0.15, -0.1) is 0 Å². The van der Waals surface area contributed by atoms with Crippen LogP contribution in [0.1, 0.15) is 5.56 Å². The molecule has 0 heterocycles. The molecule has 0 atom stereocenters. The Labute approximate surface area is 101 Å².